The van der Waals surface area contributed by atoms with Crippen LogP contribution in [0.5, 0.6) is 0 Å². The topological polar surface area (TPSA) is 89.5 Å². The minimum absolute atomic E-state index is 0.188. The van der Waals surface area contributed by atoms with Gasteiger partial charge in [0.05, 0.1) is 19.8 Å². The molecule has 0 spiro atoms. The summed E-state index contributed by atoms with van der Waals surface area (Å²) in [4.78, 5) is 12.9. The highest BCUT2D eigenvalue weighted by Crippen LogP contribution is 2.46. The molecule has 0 rings (SSSR count). The number of ether oxygens (including phenoxy) is 6. The summed E-state index contributed by atoms with van der Waals surface area (Å²) in [6.07, 6.45) is 1.57. The van der Waals surface area contributed by atoms with E-state index in [2.05, 4.69) is 6.58 Å². The molecule has 0 saturated carbocycles. The van der Waals surface area contributed by atoms with Crippen LogP contribution in [-0.2, 0) is 37.8 Å². The number of Topliss-reactive ketones (excluding diaryl/α,β-unsaturated/α-hetero) is 1. The Morgan fingerprint density at radius 1 is 0.794 bits per heavy atom. The first-order valence-electron chi connectivity index (χ1n) is 12.7. The van der Waals surface area contributed by atoms with Crippen LogP contribution < -0.4 is 0 Å². The maximum atomic E-state index is 13.0. The molecule has 0 N–H and O–H groups in total. The zero-order chi connectivity index (χ0) is 26.0. The Kier molecular flexibility index (Phi) is 18.1. The predicted octanol–water partition coefficient (Wildman–Crippen LogP) is 6.03. The smallest absolute Gasteiger partial charge is 0.313 e. The Morgan fingerprint density at radius 2 is 1.24 bits per heavy atom. The summed E-state index contributed by atoms with van der Waals surface area (Å²) in [5, 5.41) is 0. The van der Waals surface area contributed by atoms with Gasteiger partial charge in [0.2, 0.25) is 14.8 Å². The second-order valence-corrected chi connectivity index (χ2v) is 8.89. The first kappa shape index (κ1) is 33.3. The van der Waals surface area contributed by atoms with Gasteiger partial charge in [-0.15, -0.1) is 0 Å². The van der Waals surface area contributed by atoms with Crippen LogP contribution in [0.2, 0.25) is 0 Å². The number of carbonyl (C=O) groups is 1. The van der Waals surface area contributed by atoms with Crippen molar-refractivity contribution in [3.63, 3.8) is 0 Å². The van der Waals surface area contributed by atoms with Crippen molar-refractivity contribution in [2.24, 2.45) is 0 Å². The molecule has 8 nitrogen and oxygen atoms in total. The number of rotatable bonds is 23. The summed E-state index contributed by atoms with van der Waals surface area (Å²) >= 11 is 0. The third-order valence-corrected chi connectivity index (χ3v) is 5.53. The third-order valence-electron chi connectivity index (χ3n) is 4.75. The van der Waals surface area contributed by atoms with Crippen molar-refractivity contribution in [1.82, 2.24) is 0 Å². The molecule has 0 fully saturated rings. The van der Waals surface area contributed by atoms with Gasteiger partial charge in [0.25, 0.3) is 5.79 Å². The summed E-state index contributed by atoms with van der Waals surface area (Å²) in [5.41, 5.74) is -1.69. The van der Waals surface area contributed by atoms with Crippen molar-refractivity contribution >= 4 is 14.2 Å². The van der Waals surface area contributed by atoms with Gasteiger partial charge >= 0.3 is 5.53 Å². The maximum absolute atomic E-state index is 13.0. The minimum Gasteiger partial charge on any atom is -0.348 e. The zero-order valence-corrected chi connectivity index (χ0v) is 23.2. The summed E-state index contributed by atoms with van der Waals surface area (Å²) in [5.74, 6) is -2.17. The lowest BCUT2D eigenvalue weighted by Gasteiger charge is -2.48. The molecule has 0 aromatic heterocycles. The van der Waals surface area contributed by atoms with Crippen molar-refractivity contribution in [1.29, 1.82) is 0 Å². The number of hydrogen-bond donors (Lipinski definition) is 0. The average molecular weight is 507 g/mol. The number of ketones is 1. The molecule has 0 aliphatic heterocycles. The fourth-order valence-corrected chi connectivity index (χ4v) is 3.77. The van der Waals surface area contributed by atoms with Crippen molar-refractivity contribution in [3.05, 3.63) is 12.2 Å². The Hall–Kier alpha value is -0.730. The predicted molar refractivity (Wildman–Crippen MR) is 133 cm³/mol. The molecule has 0 aliphatic rings. The van der Waals surface area contributed by atoms with E-state index < -0.39 is 32.2 Å². The molecule has 9 heteroatoms. The second kappa shape index (κ2) is 18.5. The van der Waals surface area contributed by atoms with Crippen molar-refractivity contribution in [2.75, 3.05) is 33.0 Å². The molecule has 0 aliphatic carbocycles. The largest absolute Gasteiger partial charge is 0.348 e. The molecule has 34 heavy (non-hydrogen) atoms. The maximum Gasteiger partial charge on any atom is 0.313 e. The van der Waals surface area contributed by atoms with Gasteiger partial charge in [0.1, 0.15) is 6.10 Å². The van der Waals surface area contributed by atoms with E-state index in [9.17, 15) is 9.36 Å². The van der Waals surface area contributed by atoms with Crippen LogP contribution in [0.3, 0.4) is 0 Å². The van der Waals surface area contributed by atoms with Gasteiger partial charge in [-0.25, -0.2) is 0 Å². The van der Waals surface area contributed by atoms with Gasteiger partial charge in [0, 0.05) is 13.2 Å². The first-order chi connectivity index (χ1) is 16.3. The quantitative estimate of drug-likeness (QED) is 0.0943. The standard InChI is InChI=1S/C25H47O8P/c1-9-15-28-23(29-16-10-2)24(30-17-11-3,31-18-12-4)25(34-27,32-19-13-5)33-21(14-6)22(26)20(7)8/h21,23H,7,9-19H2,1-6,8H3. The van der Waals surface area contributed by atoms with E-state index in [1.165, 1.54) is 0 Å². The molecule has 200 valence electrons. The van der Waals surface area contributed by atoms with Gasteiger partial charge in [-0.1, -0.05) is 48.1 Å². The van der Waals surface area contributed by atoms with Gasteiger partial charge in [-0.3, -0.25) is 9.36 Å². The lowest BCUT2D eigenvalue weighted by molar-refractivity contribution is -0.439. The summed E-state index contributed by atoms with van der Waals surface area (Å²) < 4.78 is 50.3. The highest BCUT2D eigenvalue weighted by atomic mass is 31.1. The molecule has 0 aromatic carbocycles. The van der Waals surface area contributed by atoms with E-state index in [4.69, 9.17) is 28.4 Å². The van der Waals surface area contributed by atoms with E-state index >= 15 is 0 Å². The molecule has 0 saturated heterocycles. The van der Waals surface area contributed by atoms with Crippen LogP contribution in [0.25, 0.3) is 0 Å². The van der Waals surface area contributed by atoms with Crippen LogP contribution in [0, 0.1) is 0 Å². The first-order valence-corrected chi connectivity index (χ1v) is 13.5. The molecule has 0 amide bonds. The molecule has 0 bridgehead atoms. The van der Waals surface area contributed by atoms with Crippen LogP contribution in [-0.4, -0.2) is 62.5 Å². The monoisotopic (exact) mass is 506 g/mol. The van der Waals surface area contributed by atoms with E-state index in [-0.39, 0.29) is 25.6 Å². The van der Waals surface area contributed by atoms with Crippen molar-refractivity contribution < 1.29 is 37.8 Å². The third kappa shape index (κ3) is 9.38. The van der Waals surface area contributed by atoms with Gasteiger partial charge < -0.3 is 28.4 Å². The highest BCUT2D eigenvalue weighted by molar-refractivity contribution is 7.25. The zero-order valence-electron chi connectivity index (χ0n) is 22.4. The normalized spacial score (nSPS) is 14.9. The van der Waals surface area contributed by atoms with Crippen LogP contribution >= 0.6 is 8.46 Å². The van der Waals surface area contributed by atoms with Gasteiger partial charge in [-0.2, -0.15) is 0 Å². The molecule has 0 heterocycles. The summed E-state index contributed by atoms with van der Waals surface area (Å²) in [6.45, 7) is 18.3. The number of hydrogen-bond acceptors (Lipinski definition) is 8. The summed E-state index contributed by atoms with van der Waals surface area (Å²) in [6, 6.07) is 0. The molecular weight excluding hydrogens is 459 g/mol. The van der Waals surface area contributed by atoms with E-state index in [1.54, 1.807) is 13.8 Å². The Morgan fingerprint density at radius 3 is 1.59 bits per heavy atom. The fourth-order valence-electron chi connectivity index (χ4n) is 3.09. The molecule has 0 radical (unpaired) electrons. The lowest BCUT2D eigenvalue weighted by Crippen LogP contribution is -2.67. The van der Waals surface area contributed by atoms with E-state index in [0.29, 0.717) is 57.3 Å². The highest BCUT2D eigenvalue weighted by Gasteiger charge is 2.65. The Balaban J connectivity index is 6.96. The second-order valence-electron chi connectivity index (χ2n) is 8.12. The molecule has 2 unspecified atom stereocenters. The van der Waals surface area contributed by atoms with Crippen molar-refractivity contribution in [2.45, 2.75) is 111 Å². The molecule has 2 atom stereocenters. The average Bonchev–Trinajstić information content (AvgIpc) is 2.85. The van der Waals surface area contributed by atoms with Gasteiger partial charge in [-0.05, 0) is 51.0 Å². The Bertz CT molecular complexity index is 569. The van der Waals surface area contributed by atoms with E-state index in [0.717, 1.165) is 0 Å². The van der Waals surface area contributed by atoms with Crippen LogP contribution in [0.4, 0.5) is 0 Å². The SMILES string of the molecule is C=C(C)C(=O)C(CC)OC(OCCC)(P=O)C(OCCC)(OCCC)C(OCCC)OCCC. The van der Waals surface area contributed by atoms with Crippen LogP contribution in [0.1, 0.15) is 87.0 Å². The van der Waals surface area contributed by atoms with E-state index in [1.807, 2.05) is 34.6 Å². The Labute approximate surface area is 208 Å². The lowest BCUT2D eigenvalue weighted by atomic mass is 10.1. The van der Waals surface area contributed by atoms with Crippen LogP contribution in [0.15, 0.2) is 12.2 Å². The van der Waals surface area contributed by atoms with Crippen molar-refractivity contribution in [3.8, 4) is 0 Å². The number of carbonyl (C=O) groups excluding carboxylic acids is 1. The molecular formula is C25H47O8P. The summed E-state index contributed by atoms with van der Waals surface area (Å²) in [7, 11) is -0.576. The van der Waals surface area contributed by atoms with Gasteiger partial charge in [0.15, 0.2) is 5.78 Å². The minimum atomic E-state index is -2.02. The fraction of sp³-hybridized carbons (Fsp3) is 0.880. The molecule has 0 aromatic rings.